The minimum Gasteiger partial charge on any atom is -0.465 e. The van der Waals surface area contributed by atoms with Crippen molar-refractivity contribution in [3.8, 4) is 0 Å². The zero-order chi connectivity index (χ0) is 14.7. The van der Waals surface area contributed by atoms with E-state index in [0.29, 0.717) is 11.5 Å². The molecule has 0 saturated carbocycles. The molecular formula is C13H14FN3O2S. The van der Waals surface area contributed by atoms with Gasteiger partial charge in [0, 0.05) is 13.6 Å². The lowest BCUT2D eigenvalue weighted by atomic mass is 10.2. The Morgan fingerprint density at radius 1 is 1.55 bits per heavy atom. The fraction of sp³-hybridized carbons (Fsp3) is 0.231. The third-order valence-corrected chi connectivity index (χ3v) is 3.72. The van der Waals surface area contributed by atoms with Crippen LogP contribution in [0.25, 0.3) is 0 Å². The molecule has 0 atom stereocenters. The number of rotatable bonds is 4. The van der Waals surface area contributed by atoms with Crippen LogP contribution in [0.2, 0.25) is 0 Å². The zero-order valence-electron chi connectivity index (χ0n) is 11.1. The van der Waals surface area contributed by atoms with Crippen molar-refractivity contribution < 1.29 is 13.9 Å². The van der Waals surface area contributed by atoms with E-state index in [1.54, 1.807) is 18.0 Å². The van der Waals surface area contributed by atoms with Crippen LogP contribution in [0.5, 0.6) is 0 Å². The second kappa shape index (κ2) is 5.87. The summed E-state index contributed by atoms with van der Waals surface area (Å²) >= 11 is 1.11. The summed E-state index contributed by atoms with van der Waals surface area (Å²) in [5, 5.41) is 0.596. The molecule has 0 saturated heterocycles. The van der Waals surface area contributed by atoms with Crippen LogP contribution >= 0.6 is 11.5 Å². The monoisotopic (exact) mass is 295 g/mol. The Morgan fingerprint density at radius 3 is 2.95 bits per heavy atom. The molecule has 0 aliphatic carbocycles. The van der Waals surface area contributed by atoms with E-state index in [-0.39, 0.29) is 17.2 Å². The van der Waals surface area contributed by atoms with E-state index >= 15 is 0 Å². The fourth-order valence-electron chi connectivity index (χ4n) is 1.83. The molecule has 0 amide bonds. The number of anilines is 2. The van der Waals surface area contributed by atoms with Crippen molar-refractivity contribution in [3.05, 3.63) is 41.2 Å². The van der Waals surface area contributed by atoms with Crippen molar-refractivity contribution in [3.63, 3.8) is 0 Å². The lowest BCUT2D eigenvalue weighted by Gasteiger charge is -2.18. The molecule has 5 nitrogen and oxygen atoms in total. The molecule has 2 N–H and O–H groups in total. The number of carbonyl (C=O) groups excluding carboxylic acids is 1. The topological polar surface area (TPSA) is 68.5 Å². The number of hydrogen-bond donors (Lipinski definition) is 1. The Hall–Kier alpha value is -2.15. The van der Waals surface area contributed by atoms with Gasteiger partial charge in [0.05, 0.1) is 7.11 Å². The average Bonchev–Trinajstić information content (AvgIpc) is 2.80. The van der Waals surface area contributed by atoms with Gasteiger partial charge in [-0.25, -0.2) is 9.18 Å². The van der Waals surface area contributed by atoms with Gasteiger partial charge in [-0.3, -0.25) is 0 Å². The van der Waals surface area contributed by atoms with E-state index in [1.165, 1.54) is 19.2 Å². The highest BCUT2D eigenvalue weighted by Crippen LogP contribution is 2.31. The quantitative estimate of drug-likeness (QED) is 0.876. The Balaban J connectivity index is 2.26. The van der Waals surface area contributed by atoms with Crippen molar-refractivity contribution in [1.29, 1.82) is 0 Å². The number of nitrogen functional groups attached to an aromatic ring is 1. The average molecular weight is 295 g/mol. The van der Waals surface area contributed by atoms with Gasteiger partial charge in [0.15, 0.2) is 5.82 Å². The van der Waals surface area contributed by atoms with Crippen LogP contribution in [0.15, 0.2) is 24.3 Å². The Labute approximate surface area is 119 Å². The molecule has 1 aromatic heterocycles. The number of ether oxygens (including phenoxy) is 1. The molecular weight excluding hydrogens is 281 g/mol. The van der Waals surface area contributed by atoms with Gasteiger partial charge in [-0.2, -0.15) is 4.37 Å². The van der Waals surface area contributed by atoms with Crippen molar-refractivity contribution in [2.75, 3.05) is 24.8 Å². The smallest absolute Gasteiger partial charge is 0.344 e. The van der Waals surface area contributed by atoms with Crippen LogP contribution in [0.1, 0.15) is 15.9 Å². The highest BCUT2D eigenvalue weighted by Gasteiger charge is 2.22. The molecule has 0 aliphatic rings. The summed E-state index contributed by atoms with van der Waals surface area (Å²) < 4.78 is 21.8. The van der Waals surface area contributed by atoms with Gasteiger partial charge in [-0.15, -0.1) is 0 Å². The number of nitrogens with zero attached hydrogens (tertiary/aromatic N) is 2. The molecule has 0 bridgehead atoms. The molecule has 20 heavy (non-hydrogen) atoms. The molecule has 0 unspecified atom stereocenters. The minimum absolute atomic E-state index is 0.142. The molecule has 0 fully saturated rings. The van der Waals surface area contributed by atoms with Gasteiger partial charge in [-0.05, 0) is 29.2 Å². The van der Waals surface area contributed by atoms with Crippen molar-refractivity contribution in [1.82, 2.24) is 4.37 Å². The predicted octanol–water partition coefficient (Wildman–Crippen LogP) is 2.29. The van der Waals surface area contributed by atoms with E-state index in [9.17, 15) is 9.18 Å². The lowest BCUT2D eigenvalue weighted by molar-refractivity contribution is 0.0603. The van der Waals surface area contributed by atoms with Gasteiger partial charge >= 0.3 is 5.97 Å². The van der Waals surface area contributed by atoms with Crippen LogP contribution in [0, 0.1) is 5.82 Å². The number of aromatic nitrogens is 1. The third-order valence-electron chi connectivity index (χ3n) is 2.75. The summed E-state index contributed by atoms with van der Waals surface area (Å²) in [5.41, 5.74) is 6.72. The zero-order valence-corrected chi connectivity index (χ0v) is 11.9. The largest absolute Gasteiger partial charge is 0.465 e. The van der Waals surface area contributed by atoms with Gasteiger partial charge in [0.25, 0.3) is 0 Å². The Morgan fingerprint density at radius 2 is 2.30 bits per heavy atom. The maximum absolute atomic E-state index is 13.2. The second-order valence-electron chi connectivity index (χ2n) is 4.23. The van der Waals surface area contributed by atoms with Crippen LogP contribution in [0.4, 0.5) is 15.2 Å². The van der Waals surface area contributed by atoms with Gasteiger partial charge in [-0.1, -0.05) is 12.1 Å². The summed E-state index contributed by atoms with van der Waals surface area (Å²) in [4.78, 5) is 13.5. The Bertz CT molecular complexity index is 630. The SMILES string of the molecule is COC(=O)c1c(N)nsc1N(C)Cc1cccc(F)c1. The maximum atomic E-state index is 13.2. The number of halogens is 1. The normalized spacial score (nSPS) is 10.3. The summed E-state index contributed by atoms with van der Waals surface area (Å²) in [5.74, 6) is -0.687. The first kappa shape index (κ1) is 14.3. The highest BCUT2D eigenvalue weighted by molar-refractivity contribution is 7.11. The first-order valence-corrected chi connectivity index (χ1v) is 6.59. The van der Waals surface area contributed by atoms with E-state index in [2.05, 4.69) is 4.37 Å². The van der Waals surface area contributed by atoms with Gasteiger partial charge < -0.3 is 15.4 Å². The molecule has 7 heteroatoms. The van der Waals surface area contributed by atoms with Gasteiger partial charge in [0.1, 0.15) is 16.4 Å². The number of nitrogens with two attached hydrogens (primary N) is 1. The summed E-state index contributed by atoms with van der Waals surface area (Å²) in [6.45, 7) is 0.434. The number of hydrogen-bond acceptors (Lipinski definition) is 6. The summed E-state index contributed by atoms with van der Waals surface area (Å²) in [6.07, 6.45) is 0. The van der Waals surface area contributed by atoms with Crippen LogP contribution < -0.4 is 10.6 Å². The van der Waals surface area contributed by atoms with Crippen molar-refractivity contribution in [2.24, 2.45) is 0 Å². The number of methoxy groups -OCH3 is 1. The van der Waals surface area contributed by atoms with Crippen molar-refractivity contribution in [2.45, 2.75) is 6.54 Å². The minimum atomic E-state index is -0.530. The maximum Gasteiger partial charge on any atom is 0.344 e. The number of benzene rings is 1. The predicted molar refractivity (Wildman–Crippen MR) is 76.4 cm³/mol. The molecule has 0 radical (unpaired) electrons. The molecule has 106 valence electrons. The molecule has 1 heterocycles. The summed E-state index contributed by atoms with van der Waals surface area (Å²) in [7, 11) is 3.07. The van der Waals surface area contributed by atoms with E-state index < -0.39 is 5.97 Å². The first-order valence-electron chi connectivity index (χ1n) is 5.82. The van der Waals surface area contributed by atoms with Crippen LogP contribution in [0.3, 0.4) is 0 Å². The Kier molecular flexibility index (Phi) is 4.19. The molecule has 2 aromatic rings. The van der Waals surface area contributed by atoms with E-state index in [0.717, 1.165) is 17.1 Å². The van der Waals surface area contributed by atoms with Gasteiger partial charge in [0.2, 0.25) is 0 Å². The number of esters is 1. The van der Waals surface area contributed by atoms with E-state index in [1.807, 2.05) is 6.07 Å². The van der Waals surface area contributed by atoms with Crippen molar-refractivity contribution >= 4 is 28.3 Å². The first-order chi connectivity index (χ1) is 9.52. The van der Waals surface area contributed by atoms with Crippen LogP contribution in [-0.4, -0.2) is 24.5 Å². The second-order valence-corrected chi connectivity index (χ2v) is 4.98. The highest BCUT2D eigenvalue weighted by atomic mass is 32.1. The molecule has 0 aliphatic heterocycles. The molecule has 2 rings (SSSR count). The lowest BCUT2D eigenvalue weighted by Crippen LogP contribution is -2.18. The number of carbonyl (C=O) groups is 1. The standard InChI is InChI=1S/C13H14FN3O2S/c1-17(7-8-4-3-5-9(14)6-8)12-10(13(18)19-2)11(15)16-20-12/h3-6H,7H2,1-2H3,(H2,15,16). The third kappa shape index (κ3) is 2.88. The molecule has 1 aromatic carbocycles. The summed E-state index contributed by atoms with van der Waals surface area (Å²) in [6, 6.07) is 6.27. The van der Waals surface area contributed by atoms with E-state index in [4.69, 9.17) is 10.5 Å². The van der Waals surface area contributed by atoms with Crippen LogP contribution in [-0.2, 0) is 11.3 Å². The fourth-order valence-corrected chi connectivity index (χ4v) is 2.59. The molecule has 0 spiro atoms.